The fourth-order valence-corrected chi connectivity index (χ4v) is 1.84. The van der Waals surface area contributed by atoms with Gasteiger partial charge in [0.1, 0.15) is 0 Å². The Hall–Kier alpha value is -0.220. The van der Waals surface area contributed by atoms with Crippen LogP contribution in [-0.4, -0.2) is 37.5 Å². The summed E-state index contributed by atoms with van der Waals surface area (Å²) in [6, 6.07) is 0. The molecule has 0 aromatic heterocycles. The molecule has 0 bridgehead atoms. The van der Waals surface area contributed by atoms with E-state index in [9.17, 15) is 8.78 Å². The molecule has 1 unspecified atom stereocenters. The van der Waals surface area contributed by atoms with Crippen molar-refractivity contribution in [3.05, 3.63) is 0 Å². The molecule has 1 heterocycles. The molecule has 0 aromatic carbocycles. The standard InChI is InChI=1S/C9H18F2N2/c10-9(11)7-13-4-1-2-8(6-12)3-5-13/h8-9H,1-7,12H2. The molecule has 78 valence electrons. The summed E-state index contributed by atoms with van der Waals surface area (Å²) in [5.74, 6) is 0.544. The molecule has 0 aliphatic carbocycles. The minimum atomic E-state index is -2.20. The third kappa shape index (κ3) is 4.00. The molecule has 1 rings (SSSR count). The summed E-state index contributed by atoms with van der Waals surface area (Å²) in [7, 11) is 0. The van der Waals surface area contributed by atoms with Gasteiger partial charge in [0.05, 0.1) is 6.54 Å². The maximum atomic E-state index is 12.1. The lowest BCUT2D eigenvalue weighted by Crippen LogP contribution is -2.30. The number of halogens is 2. The number of hydrogen-bond donors (Lipinski definition) is 1. The first-order valence-corrected chi connectivity index (χ1v) is 4.93. The van der Waals surface area contributed by atoms with E-state index in [-0.39, 0.29) is 6.54 Å². The highest BCUT2D eigenvalue weighted by molar-refractivity contribution is 4.70. The summed E-state index contributed by atoms with van der Waals surface area (Å²) in [5.41, 5.74) is 5.55. The predicted octanol–water partition coefficient (Wildman–Crippen LogP) is 1.31. The summed E-state index contributed by atoms with van der Waals surface area (Å²) in [5, 5.41) is 0. The fraction of sp³-hybridized carbons (Fsp3) is 1.00. The molecule has 0 aromatic rings. The van der Waals surface area contributed by atoms with Gasteiger partial charge in [0, 0.05) is 0 Å². The maximum absolute atomic E-state index is 12.1. The third-order valence-corrected chi connectivity index (χ3v) is 2.67. The molecule has 1 saturated heterocycles. The Morgan fingerprint density at radius 2 is 2.08 bits per heavy atom. The topological polar surface area (TPSA) is 29.3 Å². The van der Waals surface area contributed by atoms with Crippen molar-refractivity contribution in [1.82, 2.24) is 4.90 Å². The lowest BCUT2D eigenvalue weighted by molar-refractivity contribution is 0.0895. The van der Waals surface area contributed by atoms with Crippen molar-refractivity contribution < 1.29 is 8.78 Å². The Labute approximate surface area is 78.1 Å². The maximum Gasteiger partial charge on any atom is 0.251 e. The van der Waals surface area contributed by atoms with Gasteiger partial charge in [-0.3, -0.25) is 4.90 Å². The molecular weight excluding hydrogens is 174 g/mol. The van der Waals surface area contributed by atoms with Gasteiger partial charge in [-0.25, -0.2) is 8.78 Å². The number of hydrogen-bond acceptors (Lipinski definition) is 2. The average Bonchev–Trinajstić information content (AvgIpc) is 2.29. The second kappa shape index (κ2) is 5.50. The lowest BCUT2D eigenvalue weighted by Gasteiger charge is -2.18. The van der Waals surface area contributed by atoms with Crippen LogP contribution >= 0.6 is 0 Å². The first-order valence-electron chi connectivity index (χ1n) is 4.93. The molecule has 13 heavy (non-hydrogen) atoms. The number of alkyl halides is 2. The van der Waals surface area contributed by atoms with Crippen LogP contribution in [0.2, 0.25) is 0 Å². The normalized spacial score (nSPS) is 26.3. The predicted molar refractivity (Wildman–Crippen MR) is 48.8 cm³/mol. The van der Waals surface area contributed by atoms with Crippen LogP contribution in [0.15, 0.2) is 0 Å². The zero-order chi connectivity index (χ0) is 9.68. The minimum absolute atomic E-state index is 0.0721. The molecule has 0 radical (unpaired) electrons. The van der Waals surface area contributed by atoms with Crippen molar-refractivity contribution in [3.63, 3.8) is 0 Å². The first kappa shape index (κ1) is 10.9. The number of rotatable bonds is 3. The van der Waals surface area contributed by atoms with E-state index < -0.39 is 6.43 Å². The number of likely N-dealkylation sites (tertiary alicyclic amines) is 1. The van der Waals surface area contributed by atoms with Crippen molar-refractivity contribution in [2.24, 2.45) is 11.7 Å². The van der Waals surface area contributed by atoms with E-state index in [0.717, 1.165) is 32.4 Å². The van der Waals surface area contributed by atoms with Crippen LogP contribution in [0.1, 0.15) is 19.3 Å². The molecule has 4 heteroatoms. The van der Waals surface area contributed by atoms with Gasteiger partial charge >= 0.3 is 0 Å². The monoisotopic (exact) mass is 192 g/mol. The summed E-state index contributed by atoms with van der Waals surface area (Å²) in [6.45, 7) is 2.22. The average molecular weight is 192 g/mol. The second-order valence-electron chi connectivity index (χ2n) is 3.72. The van der Waals surface area contributed by atoms with E-state index in [0.29, 0.717) is 12.5 Å². The van der Waals surface area contributed by atoms with E-state index in [4.69, 9.17) is 5.73 Å². The van der Waals surface area contributed by atoms with E-state index >= 15 is 0 Å². The van der Waals surface area contributed by atoms with Gasteiger partial charge in [0.25, 0.3) is 6.43 Å². The zero-order valence-corrected chi connectivity index (χ0v) is 7.88. The fourth-order valence-electron chi connectivity index (χ4n) is 1.84. The smallest absolute Gasteiger partial charge is 0.251 e. The summed E-state index contributed by atoms with van der Waals surface area (Å²) >= 11 is 0. The molecule has 0 saturated carbocycles. The van der Waals surface area contributed by atoms with Crippen LogP contribution in [0.3, 0.4) is 0 Å². The van der Waals surface area contributed by atoms with Crippen molar-refractivity contribution in [3.8, 4) is 0 Å². The molecular formula is C9H18F2N2. The Morgan fingerprint density at radius 3 is 2.69 bits per heavy atom. The van der Waals surface area contributed by atoms with Crippen LogP contribution in [0, 0.1) is 5.92 Å². The molecule has 0 spiro atoms. The van der Waals surface area contributed by atoms with Crippen LogP contribution in [0.4, 0.5) is 8.78 Å². The number of nitrogens with two attached hydrogens (primary N) is 1. The van der Waals surface area contributed by atoms with E-state index in [1.807, 2.05) is 4.90 Å². The molecule has 1 fully saturated rings. The number of nitrogens with zero attached hydrogens (tertiary/aromatic N) is 1. The van der Waals surface area contributed by atoms with Gasteiger partial charge < -0.3 is 5.73 Å². The summed E-state index contributed by atoms with van der Waals surface area (Å²) < 4.78 is 24.1. The van der Waals surface area contributed by atoms with Crippen LogP contribution < -0.4 is 5.73 Å². The molecule has 1 atom stereocenters. The van der Waals surface area contributed by atoms with Gasteiger partial charge in [0.2, 0.25) is 0 Å². The summed E-state index contributed by atoms with van der Waals surface area (Å²) in [4.78, 5) is 1.85. The van der Waals surface area contributed by atoms with Crippen molar-refractivity contribution in [2.45, 2.75) is 25.7 Å². The van der Waals surface area contributed by atoms with Crippen molar-refractivity contribution >= 4 is 0 Å². The van der Waals surface area contributed by atoms with E-state index in [1.54, 1.807) is 0 Å². The zero-order valence-electron chi connectivity index (χ0n) is 7.88. The van der Waals surface area contributed by atoms with Crippen LogP contribution in [0.5, 0.6) is 0 Å². The van der Waals surface area contributed by atoms with Gasteiger partial charge in [0.15, 0.2) is 0 Å². The quantitative estimate of drug-likeness (QED) is 0.730. The molecule has 1 aliphatic heterocycles. The van der Waals surface area contributed by atoms with Crippen LogP contribution in [-0.2, 0) is 0 Å². The van der Waals surface area contributed by atoms with Gasteiger partial charge in [-0.15, -0.1) is 0 Å². The first-order chi connectivity index (χ1) is 6.22. The highest BCUT2D eigenvalue weighted by atomic mass is 19.3. The Bertz CT molecular complexity index is 142. The van der Waals surface area contributed by atoms with Gasteiger partial charge in [-0.1, -0.05) is 0 Å². The van der Waals surface area contributed by atoms with E-state index in [2.05, 4.69) is 0 Å². The lowest BCUT2D eigenvalue weighted by atomic mass is 10.0. The summed E-state index contributed by atoms with van der Waals surface area (Å²) in [6.07, 6.45) is 0.878. The Morgan fingerprint density at radius 1 is 1.31 bits per heavy atom. The highest BCUT2D eigenvalue weighted by Crippen LogP contribution is 2.16. The molecule has 0 amide bonds. The van der Waals surface area contributed by atoms with E-state index in [1.165, 1.54) is 0 Å². The largest absolute Gasteiger partial charge is 0.330 e. The van der Waals surface area contributed by atoms with Gasteiger partial charge in [-0.2, -0.15) is 0 Å². The van der Waals surface area contributed by atoms with Gasteiger partial charge in [-0.05, 0) is 44.8 Å². The highest BCUT2D eigenvalue weighted by Gasteiger charge is 2.18. The van der Waals surface area contributed by atoms with Crippen molar-refractivity contribution in [1.29, 1.82) is 0 Å². The van der Waals surface area contributed by atoms with Crippen LogP contribution in [0.25, 0.3) is 0 Å². The third-order valence-electron chi connectivity index (χ3n) is 2.67. The van der Waals surface area contributed by atoms with Crippen molar-refractivity contribution in [2.75, 3.05) is 26.2 Å². The minimum Gasteiger partial charge on any atom is -0.330 e. The molecule has 2 N–H and O–H groups in total. The molecule has 2 nitrogen and oxygen atoms in total. The molecule has 1 aliphatic rings. The Kier molecular flexibility index (Phi) is 4.59. The SMILES string of the molecule is NCC1CCCN(CC(F)F)CC1. The Balaban J connectivity index is 2.27. The second-order valence-corrected chi connectivity index (χ2v) is 3.72.